The lowest BCUT2D eigenvalue weighted by Crippen LogP contribution is -2.16. The average molecular weight is 392 g/mol. The molecule has 0 amide bonds. The van der Waals surface area contributed by atoms with E-state index in [0.29, 0.717) is 0 Å². The van der Waals surface area contributed by atoms with Crippen LogP contribution in [0.1, 0.15) is 25.0 Å². The Labute approximate surface area is 177 Å². The van der Waals surface area contributed by atoms with Crippen LogP contribution in [0.4, 0.5) is 28.4 Å². The first-order valence-corrected chi connectivity index (χ1v) is 10.2. The molecule has 4 N–H and O–H groups in total. The maximum atomic E-state index is 6.12. The van der Waals surface area contributed by atoms with Crippen LogP contribution >= 0.6 is 0 Å². The van der Waals surface area contributed by atoms with Crippen LogP contribution < -0.4 is 16.4 Å². The molecule has 0 saturated heterocycles. The maximum absolute atomic E-state index is 6.12. The van der Waals surface area contributed by atoms with Crippen molar-refractivity contribution >= 4 is 28.4 Å². The minimum absolute atomic E-state index is 0.0565. The van der Waals surface area contributed by atoms with Crippen LogP contribution in [0, 0.1) is 0 Å². The van der Waals surface area contributed by atoms with Gasteiger partial charge in [0.05, 0.1) is 0 Å². The molecule has 0 aliphatic heterocycles. The Kier molecular flexibility index (Phi) is 4.07. The van der Waals surface area contributed by atoms with E-state index in [9.17, 15) is 0 Å². The molecule has 0 bridgehead atoms. The number of rotatable bonds is 3. The first-order chi connectivity index (χ1) is 14.4. The number of nitrogens with two attached hydrogens (primary N) is 2. The highest BCUT2D eigenvalue weighted by molar-refractivity contribution is 5.86. The van der Waals surface area contributed by atoms with Gasteiger partial charge in [-0.1, -0.05) is 56.3 Å². The lowest BCUT2D eigenvalue weighted by atomic mass is 9.82. The molecule has 0 aromatic heterocycles. The lowest BCUT2D eigenvalue weighted by Gasteiger charge is -2.28. The number of anilines is 5. The fraction of sp³-hybridized carbons (Fsp3) is 0.111. The predicted molar refractivity (Wildman–Crippen MR) is 128 cm³/mol. The highest BCUT2D eigenvalue weighted by atomic mass is 15.1. The van der Waals surface area contributed by atoms with Gasteiger partial charge in [-0.15, -0.1) is 0 Å². The van der Waals surface area contributed by atoms with E-state index in [1.807, 2.05) is 36.4 Å². The monoisotopic (exact) mass is 391 g/mol. The van der Waals surface area contributed by atoms with Gasteiger partial charge >= 0.3 is 0 Å². The number of benzene rings is 4. The van der Waals surface area contributed by atoms with Crippen LogP contribution in [0.3, 0.4) is 0 Å². The van der Waals surface area contributed by atoms with E-state index in [-0.39, 0.29) is 5.41 Å². The third-order valence-corrected chi connectivity index (χ3v) is 6.08. The summed E-state index contributed by atoms with van der Waals surface area (Å²) in [7, 11) is 0. The molecular weight excluding hydrogens is 366 g/mol. The molecule has 0 spiro atoms. The Hall–Kier alpha value is -3.72. The van der Waals surface area contributed by atoms with Crippen LogP contribution in [0.5, 0.6) is 0 Å². The van der Waals surface area contributed by atoms with E-state index in [1.165, 1.54) is 22.3 Å². The van der Waals surface area contributed by atoms with E-state index in [1.54, 1.807) is 0 Å². The fourth-order valence-corrected chi connectivity index (χ4v) is 4.61. The van der Waals surface area contributed by atoms with Gasteiger partial charge in [0.25, 0.3) is 0 Å². The van der Waals surface area contributed by atoms with Gasteiger partial charge in [-0.3, -0.25) is 0 Å². The Morgan fingerprint density at radius 3 is 1.77 bits per heavy atom. The molecule has 4 aromatic rings. The van der Waals surface area contributed by atoms with Crippen molar-refractivity contribution in [1.82, 2.24) is 0 Å². The summed E-state index contributed by atoms with van der Waals surface area (Å²) < 4.78 is 0. The van der Waals surface area contributed by atoms with Crippen molar-refractivity contribution < 1.29 is 0 Å². The SMILES string of the molecule is CC1(C)c2ccccc2-c2ccc(N(c3cccc(N)c3)c3cccc(N)c3)cc21. The van der Waals surface area contributed by atoms with Gasteiger partial charge < -0.3 is 16.4 Å². The molecule has 3 heteroatoms. The Bertz CT molecular complexity index is 1210. The number of fused-ring (bicyclic) bond motifs is 3. The molecule has 0 fully saturated rings. The minimum Gasteiger partial charge on any atom is -0.399 e. The van der Waals surface area contributed by atoms with Crippen LogP contribution in [-0.2, 0) is 5.41 Å². The summed E-state index contributed by atoms with van der Waals surface area (Å²) in [4.78, 5) is 2.21. The second-order valence-corrected chi connectivity index (χ2v) is 8.43. The lowest BCUT2D eigenvalue weighted by molar-refractivity contribution is 0.660. The molecule has 0 saturated carbocycles. The fourth-order valence-electron chi connectivity index (χ4n) is 4.61. The average Bonchev–Trinajstić information content (AvgIpc) is 2.96. The quantitative estimate of drug-likeness (QED) is 0.386. The number of hydrogen-bond acceptors (Lipinski definition) is 3. The van der Waals surface area contributed by atoms with Gasteiger partial charge in [0.15, 0.2) is 0 Å². The minimum atomic E-state index is -0.0565. The maximum Gasteiger partial charge on any atom is 0.0482 e. The van der Waals surface area contributed by atoms with Crippen molar-refractivity contribution in [3.8, 4) is 11.1 Å². The molecule has 0 atom stereocenters. The number of hydrogen-bond donors (Lipinski definition) is 2. The van der Waals surface area contributed by atoms with Gasteiger partial charge in [-0.2, -0.15) is 0 Å². The normalized spacial score (nSPS) is 13.5. The Morgan fingerprint density at radius 1 is 0.567 bits per heavy atom. The van der Waals surface area contributed by atoms with Gasteiger partial charge in [0.2, 0.25) is 0 Å². The second-order valence-electron chi connectivity index (χ2n) is 8.43. The molecule has 0 radical (unpaired) electrons. The summed E-state index contributed by atoms with van der Waals surface area (Å²) >= 11 is 0. The third kappa shape index (κ3) is 2.82. The van der Waals surface area contributed by atoms with E-state index in [4.69, 9.17) is 11.5 Å². The third-order valence-electron chi connectivity index (χ3n) is 6.08. The smallest absolute Gasteiger partial charge is 0.0482 e. The summed E-state index contributed by atoms with van der Waals surface area (Å²) in [6, 6.07) is 31.4. The first kappa shape index (κ1) is 18.3. The van der Waals surface area contributed by atoms with Crippen molar-refractivity contribution in [2.24, 2.45) is 0 Å². The zero-order chi connectivity index (χ0) is 20.9. The van der Waals surface area contributed by atoms with Gasteiger partial charge in [-0.05, 0) is 70.8 Å². The number of nitrogens with zero attached hydrogens (tertiary/aromatic N) is 1. The van der Waals surface area contributed by atoms with E-state index in [2.05, 4.69) is 73.3 Å². The summed E-state index contributed by atoms with van der Waals surface area (Å²) in [6.45, 7) is 4.60. The molecule has 30 heavy (non-hydrogen) atoms. The van der Waals surface area contributed by atoms with Crippen LogP contribution in [0.15, 0.2) is 91.0 Å². The topological polar surface area (TPSA) is 55.3 Å². The van der Waals surface area contributed by atoms with Gasteiger partial charge in [-0.25, -0.2) is 0 Å². The summed E-state index contributed by atoms with van der Waals surface area (Å²) in [5.41, 5.74) is 22.1. The molecule has 4 aromatic carbocycles. The van der Waals surface area contributed by atoms with Crippen LogP contribution in [0.2, 0.25) is 0 Å². The van der Waals surface area contributed by atoms with Crippen LogP contribution in [-0.4, -0.2) is 0 Å². The van der Waals surface area contributed by atoms with Gasteiger partial charge in [0.1, 0.15) is 0 Å². The zero-order valence-electron chi connectivity index (χ0n) is 17.3. The van der Waals surface area contributed by atoms with Crippen molar-refractivity contribution in [3.05, 3.63) is 102 Å². The molecule has 0 heterocycles. The van der Waals surface area contributed by atoms with E-state index in [0.717, 1.165) is 28.4 Å². The summed E-state index contributed by atoms with van der Waals surface area (Å²) in [5.74, 6) is 0. The van der Waals surface area contributed by atoms with Crippen LogP contribution in [0.25, 0.3) is 11.1 Å². The Balaban J connectivity index is 1.71. The first-order valence-electron chi connectivity index (χ1n) is 10.2. The van der Waals surface area contributed by atoms with Gasteiger partial charge in [0, 0.05) is 33.9 Å². The Morgan fingerprint density at radius 2 is 1.13 bits per heavy atom. The predicted octanol–water partition coefficient (Wildman–Crippen LogP) is 6.63. The van der Waals surface area contributed by atoms with Crippen molar-refractivity contribution in [3.63, 3.8) is 0 Å². The van der Waals surface area contributed by atoms with Crippen molar-refractivity contribution in [2.45, 2.75) is 19.3 Å². The largest absolute Gasteiger partial charge is 0.399 e. The molecule has 1 aliphatic carbocycles. The highest BCUT2D eigenvalue weighted by Gasteiger charge is 2.35. The van der Waals surface area contributed by atoms with E-state index >= 15 is 0 Å². The molecular formula is C27H25N3. The molecule has 0 unspecified atom stereocenters. The molecule has 5 rings (SSSR count). The summed E-state index contributed by atoms with van der Waals surface area (Å²) in [6.07, 6.45) is 0. The van der Waals surface area contributed by atoms with Crippen molar-refractivity contribution in [2.75, 3.05) is 16.4 Å². The standard InChI is InChI=1S/C27H25N3/c1-27(2)25-12-4-3-11-23(25)24-14-13-22(17-26(24)27)30(20-9-5-7-18(28)15-20)21-10-6-8-19(29)16-21/h3-17H,28-29H2,1-2H3. The summed E-state index contributed by atoms with van der Waals surface area (Å²) in [5, 5.41) is 0. The number of nitrogen functional groups attached to an aromatic ring is 2. The van der Waals surface area contributed by atoms with Crippen molar-refractivity contribution in [1.29, 1.82) is 0 Å². The second kappa shape index (κ2) is 6.67. The van der Waals surface area contributed by atoms with E-state index < -0.39 is 0 Å². The molecule has 3 nitrogen and oxygen atoms in total. The molecule has 148 valence electrons. The highest BCUT2D eigenvalue weighted by Crippen LogP contribution is 2.50. The zero-order valence-corrected chi connectivity index (χ0v) is 17.3. The molecule has 1 aliphatic rings.